The van der Waals surface area contributed by atoms with Crippen molar-refractivity contribution in [2.24, 2.45) is 0 Å². The lowest BCUT2D eigenvalue weighted by Crippen LogP contribution is -2.27. The molecule has 0 aliphatic rings. The number of amides is 1. The van der Waals surface area contributed by atoms with Crippen LogP contribution in [0.5, 0.6) is 5.75 Å². The Bertz CT molecular complexity index is 563. The van der Waals surface area contributed by atoms with Gasteiger partial charge in [-0.15, -0.1) is 11.3 Å². The molecule has 0 N–H and O–H groups in total. The highest BCUT2D eigenvalue weighted by molar-refractivity contribution is 7.14. The Morgan fingerprint density at radius 1 is 1.37 bits per heavy atom. The highest BCUT2D eigenvalue weighted by Crippen LogP contribution is 2.28. The van der Waals surface area contributed by atoms with Crippen molar-refractivity contribution in [3.05, 3.63) is 29.6 Å². The largest absolute Gasteiger partial charge is 0.497 e. The normalized spacial score (nSPS) is 10.3. The number of rotatable bonds is 4. The molecule has 1 aromatic carbocycles. The molecule has 0 atom stereocenters. The zero-order valence-electron chi connectivity index (χ0n) is 11.2. The number of methoxy groups -OCH3 is 1. The number of ether oxygens (including phenoxy) is 1. The fourth-order valence-electron chi connectivity index (χ4n) is 1.78. The molecule has 0 spiro atoms. The van der Waals surface area contributed by atoms with E-state index in [1.807, 2.05) is 36.6 Å². The molecule has 5 heteroatoms. The first-order valence-corrected chi connectivity index (χ1v) is 6.91. The smallest absolute Gasteiger partial charge is 0.225 e. The van der Waals surface area contributed by atoms with Crippen LogP contribution in [0.25, 0.3) is 11.3 Å². The van der Waals surface area contributed by atoms with Gasteiger partial charge in [-0.3, -0.25) is 9.69 Å². The molecule has 19 heavy (non-hydrogen) atoms. The van der Waals surface area contributed by atoms with Crippen LogP contribution in [0.1, 0.15) is 13.8 Å². The number of benzene rings is 1. The Morgan fingerprint density at radius 2 is 2.05 bits per heavy atom. The van der Waals surface area contributed by atoms with Gasteiger partial charge in [0, 0.05) is 24.4 Å². The zero-order chi connectivity index (χ0) is 13.8. The van der Waals surface area contributed by atoms with E-state index < -0.39 is 0 Å². The number of hydrogen-bond donors (Lipinski definition) is 0. The van der Waals surface area contributed by atoms with E-state index in [4.69, 9.17) is 4.74 Å². The van der Waals surface area contributed by atoms with E-state index >= 15 is 0 Å². The van der Waals surface area contributed by atoms with Crippen LogP contribution < -0.4 is 9.64 Å². The number of nitrogens with zero attached hydrogens (tertiary/aromatic N) is 2. The Morgan fingerprint density at radius 3 is 2.58 bits per heavy atom. The summed E-state index contributed by atoms with van der Waals surface area (Å²) in [6.07, 6.45) is 0. The third-order valence-electron chi connectivity index (χ3n) is 2.81. The van der Waals surface area contributed by atoms with Crippen molar-refractivity contribution in [3.8, 4) is 17.0 Å². The van der Waals surface area contributed by atoms with E-state index in [0.29, 0.717) is 6.54 Å². The van der Waals surface area contributed by atoms with E-state index in [-0.39, 0.29) is 5.91 Å². The minimum atomic E-state index is 0.0122. The summed E-state index contributed by atoms with van der Waals surface area (Å²) < 4.78 is 5.13. The van der Waals surface area contributed by atoms with Gasteiger partial charge in [0.05, 0.1) is 12.8 Å². The first-order chi connectivity index (χ1) is 9.15. The summed E-state index contributed by atoms with van der Waals surface area (Å²) in [4.78, 5) is 17.7. The number of carbonyl (C=O) groups is 1. The van der Waals surface area contributed by atoms with Crippen molar-refractivity contribution in [1.29, 1.82) is 0 Å². The minimum absolute atomic E-state index is 0.0122. The highest BCUT2D eigenvalue weighted by atomic mass is 32.1. The van der Waals surface area contributed by atoms with E-state index in [1.165, 1.54) is 11.3 Å². The summed E-state index contributed by atoms with van der Waals surface area (Å²) in [5.74, 6) is 0.830. The number of thiazole rings is 1. The molecule has 0 aliphatic heterocycles. The molecule has 1 heterocycles. The molecule has 4 nitrogen and oxygen atoms in total. The van der Waals surface area contributed by atoms with Crippen LogP contribution in [-0.2, 0) is 4.79 Å². The summed E-state index contributed by atoms with van der Waals surface area (Å²) in [5, 5.41) is 2.70. The maximum atomic E-state index is 11.5. The van der Waals surface area contributed by atoms with Gasteiger partial charge in [-0.2, -0.15) is 0 Å². The second-order valence-electron chi connectivity index (χ2n) is 4.01. The Kier molecular flexibility index (Phi) is 4.16. The van der Waals surface area contributed by atoms with Crippen LogP contribution in [0.15, 0.2) is 29.6 Å². The van der Waals surface area contributed by atoms with Gasteiger partial charge >= 0.3 is 0 Å². The maximum Gasteiger partial charge on any atom is 0.225 e. The zero-order valence-corrected chi connectivity index (χ0v) is 12.0. The second kappa shape index (κ2) is 5.84. The Hall–Kier alpha value is -1.88. The molecule has 100 valence electrons. The predicted molar refractivity (Wildman–Crippen MR) is 77.8 cm³/mol. The first-order valence-electron chi connectivity index (χ1n) is 6.03. The lowest BCUT2D eigenvalue weighted by atomic mass is 10.2. The van der Waals surface area contributed by atoms with Crippen LogP contribution in [0.3, 0.4) is 0 Å². The summed E-state index contributed by atoms with van der Waals surface area (Å²) in [6, 6.07) is 7.72. The predicted octanol–water partition coefficient (Wildman–Crippen LogP) is 3.19. The van der Waals surface area contributed by atoms with Crippen LogP contribution >= 0.6 is 11.3 Å². The van der Waals surface area contributed by atoms with E-state index in [1.54, 1.807) is 18.9 Å². The molecule has 0 fully saturated rings. The van der Waals surface area contributed by atoms with Crippen molar-refractivity contribution in [1.82, 2.24) is 4.98 Å². The standard InChI is InChI=1S/C14H16N2O2S/c1-4-16(10(2)17)14-15-13(9-19-14)11-5-7-12(18-3)8-6-11/h5-9H,4H2,1-3H3. The number of anilines is 1. The van der Waals surface area contributed by atoms with Gasteiger partial charge in [0.1, 0.15) is 5.75 Å². The first kappa shape index (κ1) is 13.5. The summed E-state index contributed by atoms with van der Waals surface area (Å²) >= 11 is 1.48. The Labute approximate surface area is 116 Å². The Balaban J connectivity index is 2.26. The molecule has 0 aliphatic carbocycles. The lowest BCUT2D eigenvalue weighted by Gasteiger charge is -2.14. The van der Waals surface area contributed by atoms with Crippen molar-refractivity contribution >= 4 is 22.4 Å². The average molecular weight is 276 g/mol. The van der Waals surface area contributed by atoms with Gasteiger partial charge in [0.15, 0.2) is 5.13 Å². The van der Waals surface area contributed by atoms with Gasteiger partial charge < -0.3 is 4.74 Å². The second-order valence-corrected chi connectivity index (χ2v) is 4.84. The lowest BCUT2D eigenvalue weighted by molar-refractivity contribution is -0.116. The van der Waals surface area contributed by atoms with Crippen LogP contribution in [0, 0.1) is 0 Å². The number of carbonyl (C=O) groups excluding carboxylic acids is 1. The summed E-state index contributed by atoms with van der Waals surface area (Å²) in [5.41, 5.74) is 1.89. The molecule has 0 saturated heterocycles. The third-order valence-corrected chi connectivity index (χ3v) is 3.67. The molecule has 1 amide bonds. The SMILES string of the molecule is CCN(C(C)=O)c1nc(-c2ccc(OC)cc2)cs1. The average Bonchev–Trinajstić information content (AvgIpc) is 2.89. The van der Waals surface area contributed by atoms with Gasteiger partial charge in [-0.25, -0.2) is 4.98 Å². The monoisotopic (exact) mass is 276 g/mol. The van der Waals surface area contributed by atoms with Gasteiger partial charge in [0.2, 0.25) is 5.91 Å². The molecule has 0 unspecified atom stereocenters. The van der Waals surface area contributed by atoms with Gasteiger partial charge in [-0.1, -0.05) is 0 Å². The van der Waals surface area contributed by atoms with Gasteiger partial charge in [-0.05, 0) is 31.2 Å². The molecule has 2 rings (SSSR count). The molecular formula is C14H16N2O2S. The fourth-order valence-corrected chi connectivity index (χ4v) is 2.72. The molecule has 0 saturated carbocycles. The molecule has 1 aromatic heterocycles. The fraction of sp³-hybridized carbons (Fsp3) is 0.286. The van der Waals surface area contributed by atoms with E-state index in [9.17, 15) is 4.79 Å². The van der Waals surface area contributed by atoms with Crippen molar-refractivity contribution in [3.63, 3.8) is 0 Å². The topological polar surface area (TPSA) is 42.4 Å². The highest BCUT2D eigenvalue weighted by Gasteiger charge is 2.13. The molecule has 0 radical (unpaired) electrons. The van der Waals surface area contributed by atoms with Crippen molar-refractivity contribution in [2.45, 2.75) is 13.8 Å². The molecule has 2 aromatic rings. The third kappa shape index (κ3) is 2.93. The maximum absolute atomic E-state index is 11.5. The number of aromatic nitrogens is 1. The minimum Gasteiger partial charge on any atom is -0.497 e. The van der Waals surface area contributed by atoms with E-state index in [0.717, 1.165) is 22.1 Å². The quantitative estimate of drug-likeness (QED) is 0.861. The summed E-state index contributed by atoms with van der Waals surface area (Å²) in [6.45, 7) is 4.12. The van der Waals surface area contributed by atoms with E-state index in [2.05, 4.69) is 4.98 Å². The van der Waals surface area contributed by atoms with Crippen molar-refractivity contribution in [2.75, 3.05) is 18.6 Å². The van der Waals surface area contributed by atoms with Gasteiger partial charge in [0.25, 0.3) is 0 Å². The summed E-state index contributed by atoms with van der Waals surface area (Å²) in [7, 11) is 1.64. The molecule has 0 bridgehead atoms. The van der Waals surface area contributed by atoms with Crippen LogP contribution in [0.4, 0.5) is 5.13 Å². The van der Waals surface area contributed by atoms with Crippen molar-refractivity contribution < 1.29 is 9.53 Å². The molecular weight excluding hydrogens is 260 g/mol. The van der Waals surface area contributed by atoms with Crippen LogP contribution in [0.2, 0.25) is 0 Å². The van der Waals surface area contributed by atoms with Crippen LogP contribution in [-0.4, -0.2) is 24.5 Å². The number of hydrogen-bond acceptors (Lipinski definition) is 4.